The number of hydrogen-bond acceptors (Lipinski definition) is 3. The number of halogens is 3. The molecule has 20 heavy (non-hydrogen) atoms. The van der Waals surface area contributed by atoms with Gasteiger partial charge in [0.05, 0.1) is 7.11 Å². The van der Waals surface area contributed by atoms with Crippen molar-refractivity contribution < 1.29 is 22.6 Å². The van der Waals surface area contributed by atoms with Gasteiger partial charge in [0.1, 0.15) is 12.4 Å². The molecule has 114 valence electrons. The molecule has 3 nitrogen and oxygen atoms in total. The lowest BCUT2D eigenvalue weighted by molar-refractivity contribution is -0.174. The maximum Gasteiger partial charge on any atom is 0.411 e. The second-order valence-electron chi connectivity index (χ2n) is 4.74. The summed E-state index contributed by atoms with van der Waals surface area (Å²) in [5, 5.41) is 0. The highest BCUT2D eigenvalue weighted by atomic mass is 19.4. The van der Waals surface area contributed by atoms with Crippen molar-refractivity contribution >= 4 is 0 Å². The summed E-state index contributed by atoms with van der Waals surface area (Å²) in [5.41, 5.74) is 7.95. The van der Waals surface area contributed by atoms with Crippen LogP contribution in [0.1, 0.15) is 17.5 Å². The van der Waals surface area contributed by atoms with E-state index in [0.29, 0.717) is 12.8 Å². The molecule has 0 bridgehead atoms. The molecule has 0 heterocycles. The van der Waals surface area contributed by atoms with Crippen LogP contribution in [0, 0.1) is 6.92 Å². The molecule has 1 atom stereocenters. The molecule has 1 aromatic carbocycles. The largest absolute Gasteiger partial charge is 0.496 e. The Kier molecular flexibility index (Phi) is 6.29. The minimum Gasteiger partial charge on any atom is -0.496 e. The zero-order chi connectivity index (χ0) is 15.2. The van der Waals surface area contributed by atoms with Gasteiger partial charge in [-0.2, -0.15) is 13.2 Å². The summed E-state index contributed by atoms with van der Waals surface area (Å²) in [4.78, 5) is 0. The summed E-state index contributed by atoms with van der Waals surface area (Å²) in [7, 11) is 1.58. The van der Waals surface area contributed by atoms with Crippen LogP contribution >= 0.6 is 0 Å². The lowest BCUT2D eigenvalue weighted by Gasteiger charge is -2.15. The second-order valence-corrected chi connectivity index (χ2v) is 4.74. The molecule has 2 N–H and O–H groups in total. The first-order valence-electron chi connectivity index (χ1n) is 6.35. The Labute approximate surface area is 116 Å². The van der Waals surface area contributed by atoms with E-state index in [2.05, 4.69) is 4.74 Å². The number of methoxy groups -OCH3 is 1. The number of ether oxygens (including phenoxy) is 2. The maximum absolute atomic E-state index is 11.9. The number of benzene rings is 1. The first-order chi connectivity index (χ1) is 9.31. The molecular weight excluding hydrogens is 271 g/mol. The Balaban J connectivity index is 2.42. The predicted octanol–water partition coefficient (Wildman–Crippen LogP) is 2.84. The molecule has 0 amide bonds. The van der Waals surface area contributed by atoms with E-state index in [-0.39, 0.29) is 12.6 Å². The summed E-state index contributed by atoms with van der Waals surface area (Å²) >= 11 is 0. The standard InChI is InChI=1S/C14H20F3NO2/c1-10-3-4-13(19-2)11(7-10)8-12(18)5-6-20-9-14(15,16)17/h3-4,7,12H,5-6,8-9,18H2,1-2H3. The minimum absolute atomic E-state index is 0.00515. The van der Waals surface area contributed by atoms with Crippen molar-refractivity contribution in [3.8, 4) is 5.75 Å². The summed E-state index contributed by atoms with van der Waals surface area (Å²) in [6.45, 7) is 0.725. The van der Waals surface area contributed by atoms with Crippen molar-refractivity contribution in [2.24, 2.45) is 5.73 Å². The SMILES string of the molecule is COc1ccc(C)cc1CC(N)CCOCC(F)(F)F. The van der Waals surface area contributed by atoms with Crippen LogP contribution in [0.2, 0.25) is 0 Å². The van der Waals surface area contributed by atoms with Gasteiger partial charge in [0.25, 0.3) is 0 Å². The third-order valence-corrected chi connectivity index (χ3v) is 2.82. The molecule has 0 radical (unpaired) electrons. The van der Waals surface area contributed by atoms with Crippen LogP contribution in [-0.4, -0.2) is 32.5 Å². The van der Waals surface area contributed by atoms with Gasteiger partial charge in [0, 0.05) is 12.6 Å². The fraction of sp³-hybridized carbons (Fsp3) is 0.571. The average molecular weight is 291 g/mol. The molecule has 1 aromatic rings. The first-order valence-corrected chi connectivity index (χ1v) is 6.35. The lowest BCUT2D eigenvalue weighted by atomic mass is 10.0. The van der Waals surface area contributed by atoms with E-state index in [1.165, 1.54) is 0 Å². The number of alkyl halides is 3. The van der Waals surface area contributed by atoms with E-state index >= 15 is 0 Å². The summed E-state index contributed by atoms with van der Waals surface area (Å²) < 4.78 is 45.5. The van der Waals surface area contributed by atoms with Crippen LogP contribution in [0.15, 0.2) is 18.2 Å². The Morgan fingerprint density at radius 2 is 2.00 bits per heavy atom. The van der Waals surface area contributed by atoms with Gasteiger partial charge in [-0.3, -0.25) is 0 Å². The molecule has 0 saturated carbocycles. The molecule has 0 fully saturated rings. The minimum atomic E-state index is -4.29. The molecule has 1 unspecified atom stereocenters. The van der Waals surface area contributed by atoms with Crippen LogP contribution < -0.4 is 10.5 Å². The van der Waals surface area contributed by atoms with Crippen molar-refractivity contribution in [1.29, 1.82) is 0 Å². The van der Waals surface area contributed by atoms with Gasteiger partial charge in [0.2, 0.25) is 0 Å². The Morgan fingerprint density at radius 3 is 2.60 bits per heavy atom. The van der Waals surface area contributed by atoms with Crippen LogP contribution in [0.5, 0.6) is 5.75 Å². The highest BCUT2D eigenvalue weighted by molar-refractivity contribution is 5.37. The second kappa shape index (κ2) is 7.50. The number of aryl methyl sites for hydroxylation is 1. The van der Waals surface area contributed by atoms with Crippen molar-refractivity contribution in [3.05, 3.63) is 29.3 Å². The maximum atomic E-state index is 11.9. The van der Waals surface area contributed by atoms with Crippen LogP contribution in [0.25, 0.3) is 0 Å². The molecule has 0 spiro atoms. The van der Waals surface area contributed by atoms with Crippen LogP contribution in [-0.2, 0) is 11.2 Å². The summed E-state index contributed by atoms with van der Waals surface area (Å²) in [6, 6.07) is 5.49. The quantitative estimate of drug-likeness (QED) is 0.786. The summed E-state index contributed by atoms with van der Waals surface area (Å²) in [5.74, 6) is 0.738. The van der Waals surface area contributed by atoms with Gasteiger partial charge >= 0.3 is 6.18 Å². The van der Waals surface area contributed by atoms with Crippen LogP contribution in [0.4, 0.5) is 13.2 Å². The highest BCUT2D eigenvalue weighted by Gasteiger charge is 2.27. The van der Waals surface area contributed by atoms with Crippen LogP contribution in [0.3, 0.4) is 0 Å². The molecular formula is C14H20F3NO2. The van der Waals surface area contributed by atoms with E-state index in [0.717, 1.165) is 16.9 Å². The van der Waals surface area contributed by atoms with Gasteiger partial charge in [-0.15, -0.1) is 0 Å². The molecule has 1 rings (SSSR count). The van der Waals surface area contributed by atoms with E-state index in [1.54, 1.807) is 7.11 Å². The fourth-order valence-corrected chi connectivity index (χ4v) is 1.87. The average Bonchev–Trinajstić information content (AvgIpc) is 2.34. The zero-order valence-electron chi connectivity index (χ0n) is 11.7. The van der Waals surface area contributed by atoms with Gasteiger partial charge in [0.15, 0.2) is 0 Å². The first kappa shape index (κ1) is 16.8. The lowest BCUT2D eigenvalue weighted by Crippen LogP contribution is -2.26. The zero-order valence-corrected chi connectivity index (χ0v) is 11.7. The van der Waals surface area contributed by atoms with Crippen molar-refractivity contribution in [1.82, 2.24) is 0 Å². The van der Waals surface area contributed by atoms with Crippen molar-refractivity contribution in [2.75, 3.05) is 20.3 Å². The van der Waals surface area contributed by atoms with E-state index < -0.39 is 12.8 Å². The molecule has 0 aromatic heterocycles. The smallest absolute Gasteiger partial charge is 0.411 e. The Hall–Kier alpha value is -1.27. The number of nitrogens with two attached hydrogens (primary N) is 1. The third kappa shape index (κ3) is 6.25. The van der Waals surface area contributed by atoms with E-state index in [9.17, 15) is 13.2 Å². The third-order valence-electron chi connectivity index (χ3n) is 2.82. The molecule has 6 heteroatoms. The molecule has 0 saturated heterocycles. The molecule has 0 aliphatic carbocycles. The summed E-state index contributed by atoms with van der Waals surface area (Å²) in [6.07, 6.45) is -3.38. The number of rotatable bonds is 7. The van der Waals surface area contributed by atoms with Crippen molar-refractivity contribution in [3.63, 3.8) is 0 Å². The number of hydrogen-bond donors (Lipinski definition) is 1. The van der Waals surface area contributed by atoms with Gasteiger partial charge in [-0.05, 0) is 31.4 Å². The Bertz CT molecular complexity index is 421. The van der Waals surface area contributed by atoms with Gasteiger partial charge < -0.3 is 15.2 Å². The Morgan fingerprint density at radius 1 is 1.30 bits per heavy atom. The molecule has 0 aliphatic rings. The monoisotopic (exact) mass is 291 g/mol. The highest BCUT2D eigenvalue weighted by Crippen LogP contribution is 2.21. The predicted molar refractivity (Wildman–Crippen MR) is 70.9 cm³/mol. The van der Waals surface area contributed by atoms with E-state index in [4.69, 9.17) is 10.5 Å². The van der Waals surface area contributed by atoms with Crippen molar-refractivity contribution in [2.45, 2.75) is 32.0 Å². The normalized spacial score (nSPS) is 13.3. The topological polar surface area (TPSA) is 44.5 Å². The van der Waals surface area contributed by atoms with Gasteiger partial charge in [-0.25, -0.2) is 0 Å². The fourth-order valence-electron chi connectivity index (χ4n) is 1.87. The van der Waals surface area contributed by atoms with Gasteiger partial charge in [-0.1, -0.05) is 17.7 Å². The van der Waals surface area contributed by atoms with E-state index in [1.807, 2.05) is 25.1 Å². The molecule has 0 aliphatic heterocycles.